The van der Waals surface area contributed by atoms with Crippen molar-refractivity contribution in [2.24, 2.45) is 0 Å². The summed E-state index contributed by atoms with van der Waals surface area (Å²) in [5, 5.41) is 3.29. The van der Waals surface area contributed by atoms with Gasteiger partial charge < -0.3 is 10.3 Å². The number of rotatable bonds is 4. The number of pyridine rings is 1. The van der Waals surface area contributed by atoms with Gasteiger partial charge in [-0.1, -0.05) is 6.92 Å². The molecule has 2 N–H and O–H groups in total. The normalized spacial score (nSPS) is 12.5. The Balaban J connectivity index is 2.12. The Morgan fingerprint density at radius 2 is 2.25 bits per heavy atom. The molecular formula is C14H16N6. The number of hydrogen-bond donors (Lipinski definition) is 2. The van der Waals surface area contributed by atoms with Crippen molar-refractivity contribution in [2.45, 2.75) is 26.3 Å². The molecule has 3 aromatic rings. The number of anilines is 1. The molecule has 0 saturated heterocycles. The van der Waals surface area contributed by atoms with Gasteiger partial charge in [-0.2, -0.15) is 4.98 Å². The number of fused-ring (bicyclic) bond motifs is 1. The van der Waals surface area contributed by atoms with E-state index in [9.17, 15) is 0 Å². The molecule has 1 atom stereocenters. The Morgan fingerprint density at radius 1 is 1.35 bits per heavy atom. The zero-order chi connectivity index (χ0) is 13.9. The molecule has 0 radical (unpaired) electrons. The highest BCUT2D eigenvalue weighted by Gasteiger charge is 2.13. The lowest BCUT2D eigenvalue weighted by atomic mass is 10.2. The Kier molecular flexibility index (Phi) is 3.28. The van der Waals surface area contributed by atoms with Gasteiger partial charge in [0.2, 0.25) is 5.95 Å². The maximum Gasteiger partial charge on any atom is 0.225 e. The van der Waals surface area contributed by atoms with Gasteiger partial charge in [0.25, 0.3) is 0 Å². The van der Waals surface area contributed by atoms with Crippen molar-refractivity contribution in [2.75, 3.05) is 5.32 Å². The highest BCUT2D eigenvalue weighted by molar-refractivity contribution is 5.87. The molecule has 6 heteroatoms. The van der Waals surface area contributed by atoms with Gasteiger partial charge in [0.05, 0.1) is 6.33 Å². The molecule has 0 amide bonds. The van der Waals surface area contributed by atoms with Gasteiger partial charge in [-0.3, -0.25) is 4.98 Å². The Hall–Kier alpha value is -2.50. The average molecular weight is 268 g/mol. The fraction of sp³-hybridized carbons (Fsp3) is 0.286. The molecule has 3 heterocycles. The minimum atomic E-state index is 0.317. The van der Waals surface area contributed by atoms with Crippen LogP contribution in [0.3, 0.4) is 0 Å². The van der Waals surface area contributed by atoms with E-state index in [2.05, 4.69) is 44.1 Å². The van der Waals surface area contributed by atoms with Crippen LogP contribution in [0.2, 0.25) is 0 Å². The Morgan fingerprint density at radius 3 is 3.00 bits per heavy atom. The molecule has 0 spiro atoms. The lowest BCUT2D eigenvalue weighted by Crippen LogP contribution is -2.16. The highest BCUT2D eigenvalue weighted by atomic mass is 15.1. The summed E-state index contributed by atoms with van der Waals surface area (Å²) >= 11 is 0. The van der Waals surface area contributed by atoms with Crippen LogP contribution in [-0.2, 0) is 0 Å². The number of aromatic amines is 1. The molecule has 20 heavy (non-hydrogen) atoms. The molecule has 1 unspecified atom stereocenters. The standard InChI is InChI=1S/C14H16N6/c1-3-9(2)18-14-19-11(10-5-4-6-15-7-10)12-13(20-14)17-8-16-12/h4-9H,3H2,1-2H3,(H2,16,17,18,19,20). The van der Waals surface area contributed by atoms with Crippen molar-refractivity contribution in [3.8, 4) is 11.3 Å². The first-order chi connectivity index (χ1) is 9.78. The Labute approximate surface area is 116 Å². The second-order valence-electron chi connectivity index (χ2n) is 4.69. The largest absolute Gasteiger partial charge is 0.352 e. The van der Waals surface area contributed by atoms with Gasteiger partial charge in [-0.25, -0.2) is 9.97 Å². The van der Waals surface area contributed by atoms with Gasteiger partial charge in [0.1, 0.15) is 11.2 Å². The molecule has 0 bridgehead atoms. The summed E-state index contributed by atoms with van der Waals surface area (Å²) < 4.78 is 0. The average Bonchev–Trinajstić information content (AvgIpc) is 2.95. The number of hydrogen-bond acceptors (Lipinski definition) is 5. The summed E-state index contributed by atoms with van der Waals surface area (Å²) in [6.45, 7) is 4.22. The van der Waals surface area contributed by atoms with E-state index < -0.39 is 0 Å². The number of imidazole rings is 1. The van der Waals surface area contributed by atoms with Gasteiger partial charge in [-0.15, -0.1) is 0 Å². The summed E-state index contributed by atoms with van der Waals surface area (Å²) in [6, 6.07) is 4.17. The smallest absolute Gasteiger partial charge is 0.225 e. The lowest BCUT2D eigenvalue weighted by Gasteiger charge is -2.12. The molecule has 3 rings (SSSR count). The van der Waals surface area contributed by atoms with Gasteiger partial charge in [0, 0.05) is 24.0 Å². The van der Waals surface area contributed by atoms with Gasteiger partial charge in [-0.05, 0) is 25.5 Å². The van der Waals surface area contributed by atoms with E-state index in [1.54, 1.807) is 18.7 Å². The van der Waals surface area contributed by atoms with Crippen molar-refractivity contribution in [3.63, 3.8) is 0 Å². The monoisotopic (exact) mass is 268 g/mol. The van der Waals surface area contributed by atoms with Crippen LogP contribution >= 0.6 is 0 Å². The topological polar surface area (TPSA) is 79.4 Å². The summed E-state index contributed by atoms with van der Waals surface area (Å²) in [7, 11) is 0. The summed E-state index contributed by atoms with van der Waals surface area (Å²) in [4.78, 5) is 20.5. The van der Waals surface area contributed by atoms with Crippen LogP contribution in [0.25, 0.3) is 22.4 Å². The maximum absolute atomic E-state index is 4.59. The molecule has 0 aliphatic heterocycles. The minimum absolute atomic E-state index is 0.317. The zero-order valence-electron chi connectivity index (χ0n) is 11.5. The molecule has 0 fully saturated rings. The van der Waals surface area contributed by atoms with Crippen molar-refractivity contribution in [3.05, 3.63) is 30.9 Å². The molecule has 0 aliphatic rings. The van der Waals surface area contributed by atoms with E-state index in [-0.39, 0.29) is 0 Å². The number of H-pyrrole nitrogens is 1. The van der Waals surface area contributed by atoms with Crippen molar-refractivity contribution >= 4 is 17.1 Å². The van der Waals surface area contributed by atoms with Crippen LogP contribution in [0, 0.1) is 0 Å². The third kappa shape index (κ3) is 2.32. The first-order valence-electron chi connectivity index (χ1n) is 6.66. The fourth-order valence-corrected chi connectivity index (χ4v) is 1.93. The van der Waals surface area contributed by atoms with Crippen molar-refractivity contribution in [1.82, 2.24) is 24.9 Å². The predicted molar refractivity (Wildman–Crippen MR) is 78.3 cm³/mol. The number of aromatic nitrogens is 5. The Bertz CT molecular complexity index is 706. The second-order valence-corrected chi connectivity index (χ2v) is 4.69. The molecule has 0 aliphatic carbocycles. The van der Waals surface area contributed by atoms with Crippen LogP contribution in [0.1, 0.15) is 20.3 Å². The van der Waals surface area contributed by atoms with Crippen LogP contribution in [0.5, 0.6) is 0 Å². The SMILES string of the molecule is CCC(C)Nc1nc(-c2cccnc2)c2nc[nH]c2n1. The lowest BCUT2D eigenvalue weighted by molar-refractivity contribution is 0.754. The van der Waals surface area contributed by atoms with E-state index in [0.717, 1.165) is 28.8 Å². The zero-order valence-corrected chi connectivity index (χ0v) is 11.5. The summed E-state index contributed by atoms with van der Waals surface area (Å²) in [5.74, 6) is 0.606. The van der Waals surface area contributed by atoms with E-state index in [1.165, 1.54) is 0 Å². The van der Waals surface area contributed by atoms with Gasteiger partial charge >= 0.3 is 0 Å². The highest BCUT2D eigenvalue weighted by Crippen LogP contribution is 2.24. The second kappa shape index (κ2) is 5.24. The first-order valence-corrected chi connectivity index (χ1v) is 6.66. The summed E-state index contributed by atoms with van der Waals surface area (Å²) in [6.07, 6.45) is 6.16. The van der Waals surface area contributed by atoms with Crippen LogP contribution in [0.4, 0.5) is 5.95 Å². The van der Waals surface area contributed by atoms with Crippen molar-refractivity contribution < 1.29 is 0 Å². The van der Waals surface area contributed by atoms with E-state index in [0.29, 0.717) is 12.0 Å². The van der Waals surface area contributed by atoms with Crippen molar-refractivity contribution in [1.29, 1.82) is 0 Å². The van der Waals surface area contributed by atoms with Crippen LogP contribution in [0.15, 0.2) is 30.9 Å². The molecular weight excluding hydrogens is 252 g/mol. The number of nitrogens with one attached hydrogen (secondary N) is 2. The summed E-state index contributed by atoms with van der Waals surface area (Å²) in [5.41, 5.74) is 3.20. The van der Waals surface area contributed by atoms with E-state index >= 15 is 0 Å². The van der Waals surface area contributed by atoms with Gasteiger partial charge in [0.15, 0.2) is 5.65 Å². The quantitative estimate of drug-likeness (QED) is 0.760. The first kappa shape index (κ1) is 12.5. The molecule has 6 nitrogen and oxygen atoms in total. The predicted octanol–water partition coefficient (Wildman–Crippen LogP) is 2.63. The van der Waals surface area contributed by atoms with Crippen LogP contribution < -0.4 is 5.32 Å². The molecule has 0 aromatic carbocycles. The molecule has 0 saturated carbocycles. The maximum atomic E-state index is 4.59. The molecule has 3 aromatic heterocycles. The minimum Gasteiger partial charge on any atom is -0.352 e. The van der Waals surface area contributed by atoms with Crippen LogP contribution in [-0.4, -0.2) is 31.0 Å². The molecule has 102 valence electrons. The van der Waals surface area contributed by atoms with E-state index in [4.69, 9.17) is 0 Å². The third-order valence-corrected chi connectivity index (χ3v) is 3.20. The number of nitrogens with zero attached hydrogens (tertiary/aromatic N) is 4. The third-order valence-electron chi connectivity index (χ3n) is 3.20. The van der Waals surface area contributed by atoms with E-state index in [1.807, 2.05) is 12.1 Å². The fourth-order valence-electron chi connectivity index (χ4n) is 1.93.